The smallest absolute Gasteiger partial charge is 0.307 e. The molecule has 3 nitrogen and oxygen atoms in total. The predicted molar refractivity (Wildman–Crippen MR) is 32.6 cm³/mol. The first-order valence-electron chi connectivity index (χ1n) is 2.70. The number of aliphatic hydroxyl groups excluding tert-OH is 1. The van der Waals surface area contributed by atoms with Gasteiger partial charge in [-0.25, -0.2) is 0 Å². The van der Waals surface area contributed by atoms with E-state index in [1.54, 1.807) is 6.08 Å². The number of hydrogen-bond acceptors (Lipinski definition) is 3. The van der Waals surface area contributed by atoms with Gasteiger partial charge in [0.15, 0.2) is 0 Å². The summed E-state index contributed by atoms with van der Waals surface area (Å²) in [6.07, 6.45) is 3.38. The van der Waals surface area contributed by atoms with Crippen LogP contribution in [0.15, 0.2) is 12.3 Å². The van der Waals surface area contributed by atoms with Crippen LogP contribution in [0.1, 0.15) is 13.3 Å². The number of ether oxygens (including phenoxy) is 1. The summed E-state index contributed by atoms with van der Waals surface area (Å²) in [4.78, 5) is 10.1. The second kappa shape index (κ2) is 5.31. The van der Waals surface area contributed by atoms with E-state index in [1.165, 1.54) is 13.2 Å². The van der Waals surface area contributed by atoms with E-state index in [-0.39, 0.29) is 12.6 Å². The summed E-state index contributed by atoms with van der Waals surface area (Å²) in [6, 6.07) is 0. The zero-order valence-corrected chi connectivity index (χ0v) is 5.33. The van der Waals surface area contributed by atoms with Crippen LogP contribution in [0, 0.1) is 0 Å². The number of esters is 1. The van der Waals surface area contributed by atoms with Crippen LogP contribution in [-0.4, -0.2) is 17.7 Å². The molecule has 0 aromatic heterocycles. The number of carbonyl (C=O) groups excluding carboxylic acids is 1. The van der Waals surface area contributed by atoms with Gasteiger partial charge in [-0.3, -0.25) is 4.79 Å². The molecule has 0 aromatic carbocycles. The molecule has 0 aromatic rings. The Bertz CT molecular complexity index is 107. The van der Waals surface area contributed by atoms with Crippen molar-refractivity contribution in [1.82, 2.24) is 0 Å². The summed E-state index contributed by atoms with van der Waals surface area (Å²) in [6.45, 7) is 1.40. The average Bonchev–Trinajstić information content (AvgIpc) is 1.80. The molecule has 9 heavy (non-hydrogen) atoms. The van der Waals surface area contributed by atoms with Crippen LogP contribution in [0.4, 0.5) is 0 Å². The lowest BCUT2D eigenvalue weighted by Gasteiger charge is -1.88. The van der Waals surface area contributed by atoms with Crippen molar-refractivity contribution in [3.8, 4) is 0 Å². The molecule has 52 valence electrons. The average molecular weight is 130 g/mol. The van der Waals surface area contributed by atoms with Crippen LogP contribution in [0.25, 0.3) is 0 Å². The van der Waals surface area contributed by atoms with Crippen LogP contribution in [0.3, 0.4) is 0 Å². The maximum Gasteiger partial charge on any atom is 0.307 e. The van der Waals surface area contributed by atoms with Gasteiger partial charge in [0.25, 0.3) is 0 Å². The second-order valence-corrected chi connectivity index (χ2v) is 1.49. The lowest BCUT2D eigenvalue weighted by Crippen LogP contribution is -1.89. The zero-order valence-electron chi connectivity index (χ0n) is 5.33. The predicted octanol–water partition coefficient (Wildman–Crippen LogP) is 0.446. The summed E-state index contributed by atoms with van der Waals surface area (Å²) in [5.74, 6) is -0.343. The highest BCUT2D eigenvalue weighted by atomic mass is 16.5. The molecule has 0 radical (unpaired) electrons. The van der Waals surface area contributed by atoms with Gasteiger partial charge in [0.05, 0.1) is 6.26 Å². The molecule has 0 saturated heterocycles. The van der Waals surface area contributed by atoms with E-state index in [0.29, 0.717) is 6.42 Å². The van der Waals surface area contributed by atoms with Gasteiger partial charge < -0.3 is 9.84 Å². The van der Waals surface area contributed by atoms with Crippen molar-refractivity contribution in [2.24, 2.45) is 0 Å². The third-order valence-electron chi connectivity index (χ3n) is 0.626. The number of hydrogen-bond donors (Lipinski definition) is 1. The van der Waals surface area contributed by atoms with Crippen molar-refractivity contribution in [3.05, 3.63) is 12.3 Å². The van der Waals surface area contributed by atoms with Crippen molar-refractivity contribution in [2.75, 3.05) is 6.61 Å². The van der Waals surface area contributed by atoms with E-state index in [0.717, 1.165) is 0 Å². The van der Waals surface area contributed by atoms with Crippen molar-refractivity contribution in [1.29, 1.82) is 0 Å². The monoisotopic (exact) mass is 130 g/mol. The molecule has 0 amide bonds. The first kappa shape index (κ1) is 8.17. The number of carbonyl (C=O) groups is 1. The van der Waals surface area contributed by atoms with E-state index in [2.05, 4.69) is 4.74 Å². The third kappa shape index (κ3) is 7.17. The molecule has 0 unspecified atom stereocenters. The van der Waals surface area contributed by atoms with Crippen molar-refractivity contribution >= 4 is 5.97 Å². The molecule has 0 bridgehead atoms. The Labute approximate surface area is 53.9 Å². The standard InChI is InChI=1S/C6H10O3/c1-6(8)9-5-3-2-4-7/h3,5,7H,2,4H2,1H3/b5-3+. The Morgan fingerprint density at radius 3 is 2.89 bits per heavy atom. The molecule has 0 aliphatic rings. The quantitative estimate of drug-likeness (QED) is 0.445. The normalized spacial score (nSPS) is 10.0. The maximum atomic E-state index is 10.1. The fourth-order valence-electron chi connectivity index (χ4n) is 0.287. The van der Waals surface area contributed by atoms with Crippen molar-refractivity contribution < 1.29 is 14.6 Å². The van der Waals surface area contributed by atoms with Crippen LogP contribution < -0.4 is 0 Å². The number of rotatable bonds is 3. The Kier molecular flexibility index (Phi) is 4.82. The zero-order chi connectivity index (χ0) is 7.11. The molecule has 0 saturated carbocycles. The van der Waals surface area contributed by atoms with Crippen LogP contribution in [0.2, 0.25) is 0 Å². The first-order chi connectivity index (χ1) is 4.27. The second-order valence-electron chi connectivity index (χ2n) is 1.49. The van der Waals surface area contributed by atoms with Crippen molar-refractivity contribution in [3.63, 3.8) is 0 Å². The molecule has 0 rings (SSSR count). The largest absolute Gasteiger partial charge is 0.435 e. The van der Waals surface area contributed by atoms with Crippen LogP contribution in [-0.2, 0) is 9.53 Å². The Morgan fingerprint density at radius 2 is 2.44 bits per heavy atom. The van der Waals surface area contributed by atoms with E-state index in [1.807, 2.05) is 0 Å². The molecule has 0 aliphatic carbocycles. The third-order valence-corrected chi connectivity index (χ3v) is 0.626. The molecule has 1 N–H and O–H groups in total. The fraction of sp³-hybridized carbons (Fsp3) is 0.500. The lowest BCUT2D eigenvalue weighted by atomic mass is 10.4. The molecule has 0 fully saturated rings. The summed E-state index contributed by atoms with van der Waals surface area (Å²) < 4.78 is 4.41. The van der Waals surface area contributed by atoms with Gasteiger partial charge >= 0.3 is 5.97 Å². The highest BCUT2D eigenvalue weighted by Gasteiger charge is 1.82. The van der Waals surface area contributed by atoms with E-state index >= 15 is 0 Å². The van der Waals surface area contributed by atoms with Gasteiger partial charge in [0.2, 0.25) is 0 Å². The minimum Gasteiger partial charge on any atom is -0.435 e. The SMILES string of the molecule is CC(=O)O/C=C/CCO. The van der Waals surface area contributed by atoms with E-state index in [4.69, 9.17) is 5.11 Å². The topological polar surface area (TPSA) is 46.5 Å². The van der Waals surface area contributed by atoms with Gasteiger partial charge in [-0.05, 0) is 12.5 Å². The van der Waals surface area contributed by atoms with Crippen molar-refractivity contribution in [2.45, 2.75) is 13.3 Å². The Balaban J connectivity index is 3.14. The lowest BCUT2D eigenvalue weighted by molar-refractivity contribution is -0.135. The molecular formula is C6H10O3. The van der Waals surface area contributed by atoms with Gasteiger partial charge in [-0.2, -0.15) is 0 Å². The van der Waals surface area contributed by atoms with E-state index < -0.39 is 0 Å². The summed E-state index contributed by atoms with van der Waals surface area (Å²) >= 11 is 0. The minimum atomic E-state index is -0.343. The number of aliphatic hydroxyl groups is 1. The van der Waals surface area contributed by atoms with Gasteiger partial charge in [-0.1, -0.05) is 0 Å². The summed E-state index contributed by atoms with van der Waals surface area (Å²) in [5, 5.41) is 8.24. The Morgan fingerprint density at radius 1 is 1.78 bits per heavy atom. The molecule has 0 heterocycles. The fourth-order valence-corrected chi connectivity index (χ4v) is 0.287. The molecule has 3 heteroatoms. The Hall–Kier alpha value is -0.830. The molecule has 0 spiro atoms. The summed E-state index contributed by atoms with van der Waals surface area (Å²) in [7, 11) is 0. The first-order valence-corrected chi connectivity index (χ1v) is 2.70. The van der Waals surface area contributed by atoms with Crippen LogP contribution in [0.5, 0.6) is 0 Å². The van der Waals surface area contributed by atoms with Gasteiger partial charge in [0.1, 0.15) is 0 Å². The maximum absolute atomic E-state index is 10.1. The molecule has 0 aliphatic heterocycles. The van der Waals surface area contributed by atoms with E-state index in [9.17, 15) is 4.79 Å². The minimum absolute atomic E-state index is 0.0811. The highest BCUT2D eigenvalue weighted by Crippen LogP contribution is 1.82. The highest BCUT2D eigenvalue weighted by molar-refractivity contribution is 5.66. The van der Waals surface area contributed by atoms with Crippen LogP contribution >= 0.6 is 0 Å². The molecule has 0 atom stereocenters. The summed E-state index contributed by atoms with van der Waals surface area (Å²) in [5.41, 5.74) is 0. The van der Waals surface area contributed by atoms with Gasteiger partial charge in [-0.15, -0.1) is 0 Å². The van der Waals surface area contributed by atoms with Gasteiger partial charge in [0, 0.05) is 13.5 Å². The molecular weight excluding hydrogens is 120 g/mol.